The predicted octanol–water partition coefficient (Wildman–Crippen LogP) is 4.19. The van der Waals surface area contributed by atoms with E-state index in [0.717, 1.165) is 5.56 Å². The Labute approximate surface area is 193 Å². The first kappa shape index (κ1) is 24.0. The zero-order valence-electron chi connectivity index (χ0n) is 19.6. The molecule has 3 rings (SSSR count). The molecule has 0 aliphatic heterocycles. The van der Waals surface area contributed by atoms with Crippen LogP contribution >= 0.6 is 0 Å². The molecule has 2 aromatic carbocycles. The minimum atomic E-state index is -0.705. The summed E-state index contributed by atoms with van der Waals surface area (Å²) in [5.41, 5.74) is 1.14. The molecule has 1 aromatic heterocycles. The maximum Gasteiger partial charge on any atom is 0.258 e. The fourth-order valence-corrected chi connectivity index (χ4v) is 2.98. The van der Waals surface area contributed by atoms with Gasteiger partial charge < -0.3 is 19.9 Å². The van der Waals surface area contributed by atoms with Crippen molar-refractivity contribution in [3.05, 3.63) is 60.5 Å². The highest BCUT2D eigenvalue weighted by Crippen LogP contribution is 2.24. The van der Waals surface area contributed by atoms with Crippen LogP contribution < -0.4 is 15.4 Å². The van der Waals surface area contributed by atoms with Crippen LogP contribution in [0.25, 0.3) is 11.4 Å². The second-order valence-corrected chi connectivity index (χ2v) is 9.13. The quantitative estimate of drug-likeness (QED) is 0.533. The van der Waals surface area contributed by atoms with Crippen LogP contribution in [0.2, 0.25) is 0 Å². The van der Waals surface area contributed by atoms with Crippen molar-refractivity contribution in [1.29, 1.82) is 0 Å². The van der Waals surface area contributed by atoms with E-state index in [1.807, 2.05) is 65.0 Å². The van der Waals surface area contributed by atoms with Crippen molar-refractivity contribution in [2.24, 2.45) is 5.92 Å². The van der Waals surface area contributed by atoms with Crippen LogP contribution in [0.3, 0.4) is 0 Å². The molecule has 0 aliphatic rings. The first-order valence-corrected chi connectivity index (χ1v) is 10.9. The van der Waals surface area contributed by atoms with Gasteiger partial charge in [0.1, 0.15) is 11.8 Å². The maximum atomic E-state index is 12.8. The van der Waals surface area contributed by atoms with Crippen molar-refractivity contribution >= 4 is 17.5 Å². The van der Waals surface area contributed by atoms with Crippen LogP contribution in [-0.4, -0.2) is 34.6 Å². The largest absolute Gasteiger partial charge is 0.484 e. The minimum Gasteiger partial charge on any atom is -0.484 e. The standard InChI is InChI=1S/C25H30N4O4/c1-16(2)21(27-20(30)15-32-19-9-7-6-8-10-19)23(31)26-18-13-11-17(12-14-18)22-28-24(33-29-22)25(3,4)5/h6-14,16,21H,15H2,1-5H3,(H,26,31)(H,27,30). The molecule has 0 aliphatic carbocycles. The molecular weight excluding hydrogens is 420 g/mol. The van der Waals surface area contributed by atoms with Crippen LogP contribution in [0.1, 0.15) is 40.5 Å². The molecule has 3 aromatic rings. The van der Waals surface area contributed by atoms with Gasteiger partial charge in [-0.3, -0.25) is 9.59 Å². The molecular formula is C25H30N4O4. The topological polar surface area (TPSA) is 106 Å². The summed E-state index contributed by atoms with van der Waals surface area (Å²) in [5.74, 6) is 0.856. The van der Waals surface area contributed by atoms with Gasteiger partial charge in [-0.05, 0) is 42.3 Å². The highest BCUT2D eigenvalue weighted by atomic mass is 16.5. The van der Waals surface area contributed by atoms with Crippen LogP contribution in [-0.2, 0) is 15.0 Å². The molecule has 8 heteroatoms. The van der Waals surface area contributed by atoms with E-state index < -0.39 is 6.04 Å². The third kappa shape index (κ3) is 6.65. The van der Waals surface area contributed by atoms with Gasteiger partial charge in [0.15, 0.2) is 6.61 Å². The van der Waals surface area contributed by atoms with Crippen LogP contribution in [0.15, 0.2) is 59.1 Å². The van der Waals surface area contributed by atoms with E-state index in [0.29, 0.717) is 23.2 Å². The monoisotopic (exact) mass is 450 g/mol. The summed E-state index contributed by atoms with van der Waals surface area (Å²) in [6, 6.07) is 15.5. The molecule has 1 unspecified atom stereocenters. The third-order valence-electron chi connectivity index (χ3n) is 4.86. The van der Waals surface area contributed by atoms with E-state index in [9.17, 15) is 9.59 Å². The Morgan fingerprint density at radius 2 is 1.70 bits per heavy atom. The first-order chi connectivity index (χ1) is 15.6. The lowest BCUT2D eigenvalue weighted by Gasteiger charge is -2.22. The van der Waals surface area contributed by atoms with E-state index in [1.54, 1.807) is 24.3 Å². The summed E-state index contributed by atoms with van der Waals surface area (Å²) in [5, 5.41) is 9.64. The zero-order valence-corrected chi connectivity index (χ0v) is 19.6. The van der Waals surface area contributed by atoms with Gasteiger partial charge >= 0.3 is 0 Å². The van der Waals surface area contributed by atoms with Crippen LogP contribution in [0, 0.1) is 5.92 Å². The van der Waals surface area contributed by atoms with E-state index in [1.165, 1.54) is 0 Å². The smallest absolute Gasteiger partial charge is 0.258 e. The van der Waals surface area contributed by atoms with E-state index in [2.05, 4.69) is 20.8 Å². The summed E-state index contributed by atoms with van der Waals surface area (Å²) in [6.07, 6.45) is 0. The third-order valence-corrected chi connectivity index (χ3v) is 4.86. The fraction of sp³-hybridized carbons (Fsp3) is 0.360. The number of amides is 2. The highest BCUT2D eigenvalue weighted by Gasteiger charge is 2.25. The second-order valence-electron chi connectivity index (χ2n) is 9.13. The molecule has 2 amide bonds. The molecule has 1 heterocycles. The fourth-order valence-electron chi connectivity index (χ4n) is 2.98. The summed E-state index contributed by atoms with van der Waals surface area (Å²) in [4.78, 5) is 29.6. The number of para-hydroxylation sites is 1. The summed E-state index contributed by atoms with van der Waals surface area (Å²) in [7, 11) is 0. The van der Waals surface area contributed by atoms with Gasteiger partial charge in [-0.2, -0.15) is 4.98 Å². The Bertz CT molecular complexity index is 1070. The van der Waals surface area contributed by atoms with Crippen LogP contribution in [0.5, 0.6) is 5.75 Å². The Hall–Kier alpha value is -3.68. The molecule has 0 fully saturated rings. The molecule has 2 N–H and O–H groups in total. The van der Waals surface area contributed by atoms with Gasteiger partial charge in [-0.25, -0.2) is 0 Å². The van der Waals surface area contributed by atoms with Crippen molar-refractivity contribution in [2.45, 2.75) is 46.1 Å². The average molecular weight is 451 g/mol. The number of ether oxygens (including phenoxy) is 1. The van der Waals surface area contributed by atoms with Crippen molar-refractivity contribution in [2.75, 3.05) is 11.9 Å². The predicted molar refractivity (Wildman–Crippen MR) is 126 cm³/mol. The van der Waals surface area contributed by atoms with E-state index in [4.69, 9.17) is 9.26 Å². The van der Waals surface area contributed by atoms with Crippen molar-refractivity contribution in [3.63, 3.8) is 0 Å². The molecule has 0 bridgehead atoms. The number of hydrogen-bond acceptors (Lipinski definition) is 6. The van der Waals surface area contributed by atoms with Gasteiger partial charge in [0.25, 0.3) is 5.91 Å². The van der Waals surface area contributed by atoms with Gasteiger partial charge in [0, 0.05) is 16.7 Å². The van der Waals surface area contributed by atoms with Crippen molar-refractivity contribution < 1.29 is 18.8 Å². The molecule has 8 nitrogen and oxygen atoms in total. The maximum absolute atomic E-state index is 12.8. The number of nitrogens with one attached hydrogen (secondary N) is 2. The summed E-state index contributed by atoms with van der Waals surface area (Å²) >= 11 is 0. The highest BCUT2D eigenvalue weighted by molar-refractivity contribution is 5.97. The molecule has 0 saturated heterocycles. The number of rotatable bonds is 8. The molecule has 33 heavy (non-hydrogen) atoms. The number of aromatic nitrogens is 2. The zero-order chi connectivity index (χ0) is 24.0. The SMILES string of the molecule is CC(C)C(NC(=O)COc1ccccc1)C(=O)Nc1ccc(-c2noc(C(C)(C)C)n2)cc1. The first-order valence-electron chi connectivity index (χ1n) is 10.9. The molecule has 0 spiro atoms. The number of nitrogens with zero attached hydrogens (tertiary/aromatic N) is 2. The van der Waals surface area contributed by atoms with E-state index >= 15 is 0 Å². The number of carbonyl (C=O) groups is 2. The lowest BCUT2D eigenvalue weighted by atomic mass is 9.97. The number of carbonyl (C=O) groups excluding carboxylic acids is 2. The normalized spacial score (nSPS) is 12.3. The molecule has 0 radical (unpaired) electrons. The Balaban J connectivity index is 1.59. The van der Waals surface area contributed by atoms with Gasteiger partial charge in [-0.1, -0.05) is 58.0 Å². The Morgan fingerprint density at radius 3 is 2.27 bits per heavy atom. The Morgan fingerprint density at radius 1 is 1.03 bits per heavy atom. The van der Waals surface area contributed by atoms with Gasteiger partial charge in [0.2, 0.25) is 17.6 Å². The lowest BCUT2D eigenvalue weighted by Crippen LogP contribution is -2.48. The summed E-state index contributed by atoms with van der Waals surface area (Å²) in [6.45, 7) is 9.57. The second kappa shape index (κ2) is 10.3. The van der Waals surface area contributed by atoms with Crippen molar-refractivity contribution in [1.82, 2.24) is 15.5 Å². The Kier molecular flexibility index (Phi) is 7.48. The van der Waals surface area contributed by atoms with Gasteiger partial charge in [-0.15, -0.1) is 0 Å². The lowest BCUT2D eigenvalue weighted by molar-refractivity contribution is -0.128. The van der Waals surface area contributed by atoms with Crippen LogP contribution in [0.4, 0.5) is 5.69 Å². The number of benzene rings is 2. The van der Waals surface area contributed by atoms with E-state index in [-0.39, 0.29) is 29.8 Å². The minimum absolute atomic E-state index is 0.111. The number of anilines is 1. The number of hydrogen-bond donors (Lipinski definition) is 2. The summed E-state index contributed by atoms with van der Waals surface area (Å²) < 4.78 is 10.8. The average Bonchev–Trinajstić information content (AvgIpc) is 3.28. The van der Waals surface area contributed by atoms with Crippen molar-refractivity contribution in [3.8, 4) is 17.1 Å². The molecule has 1 atom stereocenters. The van der Waals surface area contributed by atoms with Gasteiger partial charge in [0.05, 0.1) is 0 Å². The molecule has 0 saturated carbocycles. The molecule has 174 valence electrons.